The molecule has 0 spiro atoms. The number of benzene rings is 3. The number of nitrogens with zero attached hydrogens (tertiary/aromatic N) is 2. The zero-order valence-corrected chi connectivity index (χ0v) is 19.3. The number of nitrogens with one attached hydrogen (secondary N) is 2. The number of aromatic nitrogens is 2. The van der Waals surface area contributed by atoms with Crippen LogP contribution >= 0.6 is 0 Å². The molecule has 170 valence electrons. The summed E-state index contributed by atoms with van der Waals surface area (Å²) in [6, 6.07) is 21.4. The normalized spacial score (nSPS) is 10.5. The highest BCUT2D eigenvalue weighted by atomic mass is 16.1. The lowest BCUT2D eigenvalue weighted by molar-refractivity contribution is 0.102. The van der Waals surface area contributed by atoms with E-state index in [0.717, 1.165) is 33.6 Å². The van der Waals surface area contributed by atoms with Gasteiger partial charge in [0.25, 0.3) is 5.91 Å². The van der Waals surface area contributed by atoms with Crippen molar-refractivity contribution in [3.05, 3.63) is 119 Å². The van der Waals surface area contributed by atoms with Crippen LogP contribution in [0.4, 0.5) is 17.1 Å². The lowest BCUT2D eigenvalue weighted by Crippen LogP contribution is -2.14. The molecule has 0 radical (unpaired) electrons. The zero-order valence-electron chi connectivity index (χ0n) is 19.3. The van der Waals surface area contributed by atoms with Crippen LogP contribution in [-0.4, -0.2) is 15.9 Å². The second-order valence-corrected chi connectivity index (χ2v) is 8.27. The molecule has 4 rings (SSSR count). The molecule has 0 aliphatic heterocycles. The molecule has 0 fully saturated rings. The molecule has 6 nitrogen and oxygen atoms in total. The van der Waals surface area contributed by atoms with Crippen LogP contribution in [0.1, 0.15) is 38.4 Å². The number of nitrogens with two attached hydrogens (primary N) is 1. The monoisotopic (exact) mass is 449 g/mol. The van der Waals surface area contributed by atoms with E-state index in [-0.39, 0.29) is 5.91 Å². The van der Waals surface area contributed by atoms with Gasteiger partial charge in [0, 0.05) is 29.1 Å². The van der Waals surface area contributed by atoms with Gasteiger partial charge in [-0.25, -0.2) is 9.97 Å². The smallest absolute Gasteiger partial charge is 0.256 e. The van der Waals surface area contributed by atoms with E-state index in [4.69, 9.17) is 5.73 Å². The van der Waals surface area contributed by atoms with Crippen LogP contribution < -0.4 is 16.4 Å². The van der Waals surface area contributed by atoms with Gasteiger partial charge < -0.3 is 16.4 Å². The van der Waals surface area contributed by atoms with E-state index in [1.54, 1.807) is 12.4 Å². The summed E-state index contributed by atoms with van der Waals surface area (Å²) < 4.78 is 0. The first kappa shape index (κ1) is 22.7. The first-order chi connectivity index (χ1) is 16.4. The predicted molar refractivity (Wildman–Crippen MR) is 139 cm³/mol. The molecule has 0 saturated heterocycles. The Hall–Kier alpha value is -4.45. The maximum Gasteiger partial charge on any atom is 0.256 e. The molecule has 0 bridgehead atoms. The average molecular weight is 450 g/mol. The summed E-state index contributed by atoms with van der Waals surface area (Å²) >= 11 is 0. The number of nitrogen functional groups attached to an aromatic ring is 1. The van der Waals surface area contributed by atoms with Gasteiger partial charge in [0.1, 0.15) is 5.82 Å². The van der Waals surface area contributed by atoms with Crippen LogP contribution in [0, 0.1) is 13.8 Å². The molecular formula is C28H27N5O. The van der Waals surface area contributed by atoms with E-state index >= 15 is 0 Å². The Labute approximate surface area is 199 Å². The summed E-state index contributed by atoms with van der Waals surface area (Å²) in [5.74, 6) is 0.426. The number of hydrogen-bond donors (Lipinski definition) is 3. The highest BCUT2D eigenvalue weighted by Gasteiger charge is 2.12. The van der Waals surface area contributed by atoms with E-state index in [0.29, 0.717) is 29.2 Å². The number of rotatable bonds is 7. The summed E-state index contributed by atoms with van der Waals surface area (Å²) in [6.45, 7) is 8.08. The van der Waals surface area contributed by atoms with E-state index in [9.17, 15) is 4.79 Å². The first-order valence-corrected chi connectivity index (χ1v) is 11.0. The molecule has 1 amide bonds. The number of amides is 1. The van der Waals surface area contributed by atoms with Gasteiger partial charge >= 0.3 is 0 Å². The van der Waals surface area contributed by atoms with Crippen molar-refractivity contribution in [2.45, 2.75) is 20.3 Å². The summed E-state index contributed by atoms with van der Waals surface area (Å²) in [4.78, 5) is 21.7. The van der Waals surface area contributed by atoms with Crippen LogP contribution in [0.3, 0.4) is 0 Å². The predicted octanol–water partition coefficient (Wildman–Crippen LogP) is 5.60. The first-order valence-electron chi connectivity index (χ1n) is 11.0. The topological polar surface area (TPSA) is 92.9 Å². The summed E-state index contributed by atoms with van der Waals surface area (Å²) in [5.41, 5.74) is 13.2. The Morgan fingerprint density at radius 3 is 2.41 bits per heavy atom. The maximum atomic E-state index is 13.0. The van der Waals surface area contributed by atoms with E-state index in [1.807, 2.05) is 74.5 Å². The third-order valence-electron chi connectivity index (χ3n) is 5.42. The molecule has 0 saturated carbocycles. The highest BCUT2D eigenvalue weighted by molar-refractivity contribution is 6.05. The Bertz CT molecular complexity index is 1350. The van der Waals surface area contributed by atoms with E-state index in [1.165, 1.54) is 0 Å². The van der Waals surface area contributed by atoms with Gasteiger partial charge in [-0.1, -0.05) is 48.5 Å². The fourth-order valence-electron chi connectivity index (χ4n) is 3.62. The van der Waals surface area contributed by atoms with Crippen molar-refractivity contribution in [3.63, 3.8) is 0 Å². The number of carbonyl (C=O) groups is 1. The summed E-state index contributed by atoms with van der Waals surface area (Å²) in [5, 5.41) is 6.18. The molecule has 6 heteroatoms. The second kappa shape index (κ2) is 10.0. The number of carbonyl (C=O) groups excluding carboxylic acids is 1. The van der Waals surface area contributed by atoms with Gasteiger partial charge in [-0.15, -0.1) is 0 Å². The molecule has 0 aliphatic rings. The number of hydrogen-bond acceptors (Lipinski definition) is 5. The zero-order chi connectivity index (χ0) is 24.1. The van der Waals surface area contributed by atoms with Crippen LogP contribution in [-0.2, 0) is 6.42 Å². The number of anilines is 3. The molecule has 0 unspecified atom stereocenters. The van der Waals surface area contributed by atoms with E-state index in [2.05, 4.69) is 33.2 Å². The highest BCUT2D eigenvalue weighted by Crippen LogP contribution is 2.22. The fourth-order valence-corrected chi connectivity index (χ4v) is 3.62. The van der Waals surface area contributed by atoms with Gasteiger partial charge in [0.15, 0.2) is 0 Å². The van der Waals surface area contributed by atoms with Crippen molar-refractivity contribution < 1.29 is 4.79 Å². The fraction of sp³-hybridized carbons (Fsp3) is 0.107. The molecule has 0 aliphatic carbocycles. The molecule has 1 heterocycles. The standard InChI is InChI=1S/C28H27N5O/c1-18-6-4-8-22(12-18)20(3)32-24-11-10-19(2)26(15-24)28(34)33-25-16-30-27(31-17-25)14-21-7-5-9-23(29)13-21/h4-13,15-17,32H,3,14,29H2,1-2H3,(H,33,34). The van der Waals surface area contributed by atoms with Gasteiger partial charge in [-0.3, -0.25) is 4.79 Å². The molecule has 3 aromatic carbocycles. The molecule has 34 heavy (non-hydrogen) atoms. The van der Waals surface area contributed by atoms with Crippen LogP contribution in [0.5, 0.6) is 0 Å². The summed E-state index contributed by atoms with van der Waals surface area (Å²) in [6.07, 6.45) is 3.80. The third kappa shape index (κ3) is 5.66. The van der Waals surface area contributed by atoms with Crippen molar-refractivity contribution in [2.24, 2.45) is 0 Å². The summed E-state index contributed by atoms with van der Waals surface area (Å²) in [7, 11) is 0. The lowest BCUT2D eigenvalue weighted by atomic mass is 10.1. The van der Waals surface area contributed by atoms with Crippen LogP contribution in [0.25, 0.3) is 5.70 Å². The molecule has 1 aromatic heterocycles. The second-order valence-electron chi connectivity index (χ2n) is 8.27. The van der Waals surface area contributed by atoms with Gasteiger partial charge in [0.2, 0.25) is 0 Å². The SMILES string of the molecule is C=C(Nc1ccc(C)c(C(=O)Nc2cnc(Cc3cccc(N)c3)nc2)c1)c1cccc(C)c1. The molecular weight excluding hydrogens is 422 g/mol. The van der Waals surface area contributed by atoms with Crippen LogP contribution in [0.15, 0.2) is 85.7 Å². The Balaban J connectivity index is 1.44. The molecule has 4 aromatic rings. The Kier molecular flexibility index (Phi) is 6.69. The molecule has 4 N–H and O–H groups in total. The third-order valence-corrected chi connectivity index (χ3v) is 5.42. The Morgan fingerprint density at radius 2 is 1.68 bits per heavy atom. The lowest BCUT2D eigenvalue weighted by Gasteiger charge is -2.13. The average Bonchev–Trinajstić information content (AvgIpc) is 2.81. The van der Waals surface area contributed by atoms with Gasteiger partial charge in [-0.2, -0.15) is 0 Å². The maximum absolute atomic E-state index is 13.0. The van der Waals surface area contributed by atoms with Crippen molar-refractivity contribution in [2.75, 3.05) is 16.4 Å². The van der Waals surface area contributed by atoms with Gasteiger partial charge in [-0.05, 0) is 60.9 Å². The van der Waals surface area contributed by atoms with Gasteiger partial charge in [0.05, 0.1) is 18.1 Å². The van der Waals surface area contributed by atoms with Crippen molar-refractivity contribution >= 4 is 28.7 Å². The Morgan fingerprint density at radius 1 is 0.912 bits per heavy atom. The largest absolute Gasteiger partial charge is 0.399 e. The quantitative estimate of drug-likeness (QED) is 0.319. The van der Waals surface area contributed by atoms with Crippen molar-refractivity contribution in [3.8, 4) is 0 Å². The van der Waals surface area contributed by atoms with E-state index < -0.39 is 0 Å². The minimum absolute atomic E-state index is 0.227. The van der Waals surface area contributed by atoms with Crippen molar-refractivity contribution in [1.29, 1.82) is 0 Å². The molecule has 0 atom stereocenters. The minimum Gasteiger partial charge on any atom is -0.399 e. The van der Waals surface area contributed by atoms with Crippen LogP contribution in [0.2, 0.25) is 0 Å². The number of aryl methyl sites for hydroxylation is 2. The minimum atomic E-state index is -0.227. The van der Waals surface area contributed by atoms with Crippen molar-refractivity contribution in [1.82, 2.24) is 9.97 Å².